The first kappa shape index (κ1) is 24.2. The van der Waals surface area contributed by atoms with Gasteiger partial charge in [0, 0.05) is 17.5 Å². The Morgan fingerprint density at radius 2 is 1.94 bits per heavy atom. The standard InChI is InChI=1S/C23H27N3O7S/c1-10-4-12(21(30)31)6-13(5-10)25-19(28)15-7-14(9-24-15)34-23(3)8-16(22(32)33)26-18(23)17(11(2)27)20(26)29/h4-6,8,11,14-15,17-18,24,27H,7,9H2,1-3H3,(H,25,28)(H,30,31)(H,32,33)/t11?,14?,15?,17?,18-,23?/m0/s1. The number of nitrogens with one attached hydrogen (secondary N) is 2. The quantitative estimate of drug-likeness (QED) is 0.353. The monoisotopic (exact) mass is 489 g/mol. The van der Waals surface area contributed by atoms with E-state index in [9.17, 15) is 34.5 Å². The Labute approximate surface area is 200 Å². The second kappa shape index (κ2) is 8.71. The number of carbonyl (C=O) groups is 4. The zero-order valence-electron chi connectivity index (χ0n) is 18.9. The van der Waals surface area contributed by atoms with Crippen molar-refractivity contribution in [1.82, 2.24) is 10.2 Å². The van der Waals surface area contributed by atoms with Gasteiger partial charge >= 0.3 is 11.9 Å². The SMILES string of the molecule is Cc1cc(NC(=O)C2CC(SC3(C)C=C(C(=O)O)N4C(=O)C(C(C)O)[C@H]43)CN2)cc(C(=O)O)c1. The number of amides is 2. The summed E-state index contributed by atoms with van der Waals surface area (Å²) in [6.45, 7) is 5.64. The number of β-lactam (4-membered cyclic amide) rings is 1. The number of hydrogen-bond donors (Lipinski definition) is 5. The number of benzene rings is 1. The van der Waals surface area contributed by atoms with Gasteiger partial charge in [0.05, 0.1) is 34.4 Å². The summed E-state index contributed by atoms with van der Waals surface area (Å²) in [6.07, 6.45) is 1.15. The third-order valence-electron chi connectivity index (χ3n) is 6.57. The van der Waals surface area contributed by atoms with Gasteiger partial charge in [0.1, 0.15) is 5.70 Å². The smallest absolute Gasteiger partial charge is 0.352 e. The van der Waals surface area contributed by atoms with E-state index in [0.717, 1.165) is 0 Å². The topological polar surface area (TPSA) is 156 Å². The number of aliphatic hydroxyl groups excluding tert-OH is 1. The molecule has 4 rings (SSSR count). The number of carboxylic acid groups (broad SMARTS) is 2. The average Bonchev–Trinajstić information content (AvgIpc) is 3.28. The molecular formula is C23H27N3O7S. The third kappa shape index (κ3) is 4.19. The first-order chi connectivity index (χ1) is 15.9. The van der Waals surface area contributed by atoms with Crippen LogP contribution in [-0.4, -0.2) is 78.7 Å². The van der Waals surface area contributed by atoms with Crippen LogP contribution in [0.5, 0.6) is 0 Å². The molecule has 2 saturated heterocycles. The summed E-state index contributed by atoms with van der Waals surface area (Å²) >= 11 is 1.50. The maximum absolute atomic E-state index is 12.8. The Morgan fingerprint density at radius 3 is 2.56 bits per heavy atom. The average molecular weight is 490 g/mol. The fraction of sp³-hybridized carbons (Fsp3) is 0.478. The number of thioether (sulfide) groups is 1. The normalized spacial score (nSPS) is 30.9. The van der Waals surface area contributed by atoms with Gasteiger partial charge in [-0.1, -0.05) is 0 Å². The highest BCUT2D eigenvalue weighted by atomic mass is 32.2. The molecule has 0 spiro atoms. The number of aliphatic hydroxyl groups is 1. The molecule has 3 aliphatic heterocycles. The molecule has 0 saturated carbocycles. The number of hydrogen-bond acceptors (Lipinski definition) is 7. The molecule has 34 heavy (non-hydrogen) atoms. The van der Waals surface area contributed by atoms with Crippen LogP contribution in [0, 0.1) is 12.8 Å². The molecule has 3 heterocycles. The van der Waals surface area contributed by atoms with Gasteiger partial charge < -0.3 is 30.9 Å². The van der Waals surface area contributed by atoms with Crippen LogP contribution in [0.3, 0.4) is 0 Å². The van der Waals surface area contributed by atoms with E-state index in [1.165, 1.54) is 35.7 Å². The van der Waals surface area contributed by atoms with Gasteiger partial charge in [0.2, 0.25) is 11.8 Å². The Hall–Kier alpha value is -2.89. The zero-order valence-corrected chi connectivity index (χ0v) is 19.8. The first-order valence-corrected chi connectivity index (χ1v) is 11.8. The van der Waals surface area contributed by atoms with Crippen molar-refractivity contribution in [1.29, 1.82) is 0 Å². The molecule has 5 unspecified atom stereocenters. The molecular weight excluding hydrogens is 462 g/mol. The molecule has 6 atom stereocenters. The van der Waals surface area contributed by atoms with Gasteiger partial charge in [-0.05, 0) is 57.0 Å². The molecule has 0 aromatic heterocycles. The molecule has 0 bridgehead atoms. The number of aromatic carboxylic acids is 1. The Morgan fingerprint density at radius 1 is 1.24 bits per heavy atom. The van der Waals surface area contributed by atoms with Crippen molar-refractivity contribution >= 4 is 41.2 Å². The molecule has 0 radical (unpaired) electrons. The van der Waals surface area contributed by atoms with Crippen molar-refractivity contribution in [2.45, 2.75) is 55.4 Å². The summed E-state index contributed by atoms with van der Waals surface area (Å²) in [4.78, 5) is 49.5. The van der Waals surface area contributed by atoms with Crippen molar-refractivity contribution < 1.29 is 34.5 Å². The lowest BCUT2D eigenvalue weighted by molar-refractivity contribution is -0.162. The predicted molar refractivity (Wildman–Crippen MR) is 124 cm³/mol. The highest BCUT2D eigenvalue weighted by Crippen LogP contribution is 2.53. The van der Waals surface area contributed by atoms with Crippen molar-refractivity contribution in [2.75, 3.05) is 11.9 Å². The molecule has 10 nitrogen and oxygen atoms in total. The van der Waals surface area contributed by atoms with E-state index in [-0.39, 0.29) is 22.4 Å². The van der Waals surface area contributed by atoms with Crippen LogP contribution in [0.25, 0.3) is 0 Å². The lowest BCUT2D eigenvalue weighted by atomic mass is 9.78. The molecule has 1 aromatic carbocycles. The van der Waals surface area contributed by atoms with E-state index < -0.39 is 46.7 Å². The third-order valence-corrected chi connectivity index (χ3v) is 8.13. The minimum atomic E-state index is -1.19. The predicted octanol–water partition coefficient (Wildman–Crippen LogP) is 1.04. The maximum Gasteiger partial charge on any atom is 0.352 e. The lowest BCUT2D eigenvalue weighted by Crippen LogP contribution is -2.67. The van der Waals surface area contributed by atoms with Gasteiger partial charge in [-0.3, -0.25) is 9.59 Å². The minimum Gasteiger partial charge on any atom is -0.478 e. The van der Waals surface area contributed by atoms with Gasteiger partial charge in [-0.15, -0.1) is 11.8 Å². The van der Waals surface area contributed by atoms with Crippen LogP contribution in [0.1, 0.15) is 36.2 Å². The van der Waals surface area contributed by atoms with Crippen molar-refractivity contribution in [2.24, 2.45) is 5.92 Å². The van der Waals surface area contributed by atoms with E-state index in [1.54, 1.807) is 19.1 Å². The number of nitrogens with zero attached hydrogens (tertiary/aromatic N) is 1. The lowest BCUT2D eigenvalue weighted by Gasteiger charge is -2.50. The Bertz CT molecular complexity index is 1100. The molecule has 0 aliphatic carbocycles. The summed E-state index contributed by atoms with van der Waals surface area (Å²) in [5, 5.41) is 34.8. The maximum atomic E-state index is 12.8. The molecule has 1 aromatic rings. The molecule has 11 heteroatoms. The minimum absolute atomic E-state index is 0.0376. The Balaban J connectivity index is 1.44. The molecule has 2 fully saturated rings. The summed E-state index contributed by atoms with van der Waals surface area (Å²) in [7, 11) is 0. The summed E-state index contributed by atoms with van der Waals surface area (Å²) in [5.74, 6) is -3.62. The van der Waals surface area contributed by atoms with Crippen molar-refractivity contribution in [3.8, 4) is 0 Å². The van der Waals surface area contributed by atoms with E-state index >= 15 is 0 Å². The number of anilines is 1. The van der Waals surface area contributed by atoms with E-state index in [4.69, 9.17) is 0 Å². The molecule has 5 N–H and O–H groups in total. The zero-order chi connectivity index (χ0) is 24.9. The number of fused-ring (bicyclic) bond motifs is 1. The van der Waals surface area contributed by atoms with Crippen molar-refractivity contribution in [3.05, 3.63) is 41.1 Å². The van der Waals surface area contributed by atoms with Crippen LogP contribution in [0.4, 0.5) is 5.69 Å². The largest absolute Gasteiger partial charge is 0.478 e. The highest BCUT2D eigenvalue weighted by Gasteiger charge is 2.63. The number of carboxylic acids is 2. The van der Waals surface area contributed by atoms with Crippen LogP contribution < -0.4 is 10.6 Å². The highest BCUT2D eigenvalue weighted by molar-refractivity contribution is 8.01. The summed E-state index contributed by atoms with van der Waals surface area (Å²) in [6, 6.07) is 3.65. The molecule has 2 amide bonds. The van der Waals surface area contributed by atoms with Gasteiger partial charge in [-0.2, -0.15) is 0 Å². The van der Waals surface area contributed by atoms with E-state index in [0.29, 0.717) is 24.2 Å². The fourth-order valence-electron chi connectivity index (χ4n) is 5.12. The number of aryl methyl sites for hydroxylation is 1. The first-order valence-electron chi connectivity index (χ1n) is 11.0. The Kier molecular flexibility index (Phi) is 6.21. The number of carbonyl (C=O) groups excluding carboxylic acids is 2. The van der Waals surface area contributed by atoms with Crippen molar-refractivity contribution in [3.63, 3.8) is 0 Å². The molecule has 182 valence electrons. The van der Waals surface area contributed by atoms with Gasteiger partial charge in [-0.25, -0.2) is 9.59 Å². The summed E-state index contributed by atoms with van der Waals surface area (Å²) < 4.78 is -0.728. The summed E-state index contributed by atoms with van der Waals surface area (Å²) in [5.41, 5.74) is 1.13. The van der Waals surface area contributed by atoms with Gasteiger partial charge in [0.15, 0.2) is 0 Å². The molecule has 3 aliphatic rings. The van der Waals surface area contributed by atoms with Crippen LogP contribution >= 0.6 is 11.8 Å². The van der Waals surface area contributed by atoms with Crippen LogP contribution in [0.15, 0.2) is 30.0 Å². The van der Waals surface area contributed by atoms with Crippen LogP contribution in [0.2, 0.25) is 0 Å². The van der Waals surface area contributed by atoms with Crippen LogP contribution in [-0.2, 0) is 14.4 Å². The number of aliphatic carboxylic acids is 1. The van der Waals surface area contributed by atoms with Gasteiger partial charge in [0.25, 0.3) is 0 Å². The van der Waals surface area contributed by atoms with E-state index in [2.05, 4.69) is 10.6 Å². The second-order valence-corrected chi connectivity index (χ2v) is 11.0. The fourth-order valence-corrected chi connectivity index (χ4v) is 6.88. The van der Waals surface area contributed by atoms with E-state index in [1.807, 2.05) is 6.92 Å². The number of rotatable bonds is 7. The second-order valence-electron chi connectivity index (χ2n) is 9.26.